The third kappa shape index (κ3) is 3.37. The molecule has 0 radical (unpaired) electrons. The van der Waals surface area contributed by atoms with E-state index in [2.05, 4.69) is 37.1 Å². The number of benzene rings is 2. The SMILES string of the molecule is Cc1cc(C)cc(-c2cccc(OCc3cnn(C)c3)c2O)c1. The molecule has 0 atom stereocenters. The molecule has 0 aliphatic rings. The summed E-state index contributed by atoms with van der Waals surface area (Å²) in [6.45, 7) is 4.48. The molecule has 23 heavy (non-hydrogen) atoms. The maximum absolute atomic E-state index is 10.6. The lowest BCUT2D eigenvalue weighted by molar-refractivity contribution is 0.289. The summed E-state index contributed by atoms with van der Waals surface area (Å²) in [6, 6.07) is 11.8. The molecule has 0 saturated heterocycles. The lowest BCUT2D eigenvalue weighted by Crippen LogP contribution is -1.95. The van der Waals surface area contributed by atoms with E-state index >= 15 is 0 Å². The average Bonchev–Trinajstić information content (AvgIpc) is 2.91. The third-order valence-corrected chi connectivity index (χ3v) is 3.68. The highest BCUT2D eigenvalue weighted by molar-refractivity contribution is 5.74. The Labute approximate surface area is 136 Å². The number of aryl methyl sites for hydroxylation is 3. The van der Waals surface area contributed by atoms with Crippen LogP contribution in [0.15, 0.2) is 48.8 Å². The van der Waals surface area contributed by atoms with Gasteiger partial charge in [-0.15, -0.1) is 0 Å². The number of ether oxygens (including phenoxy) is 1. The third-order valence-electron chi connectivity index (χ3n) is 3.68. The molecule has 1 heterocycles. The van der Waals surface area contributed by atoms with Crippen LogP contribution < -0.4 is 4.74 Å². The summed E-state index contributed by atoms with van der Waals surface area (Å²) >= 11 is 0. The molecule has 0 unspecified atom stereocenters. The van der Waals surface area contributed by atoms with Gasteiger partial charge in [-0.25, -0.2) is 0 Å². The first kappa shape index (κ1) is 15.2. The van der Waals surface area contributed by atoms with Gasteiger partial charge < -0.3 is 9.84 Å². The van der Waals surface area contributed by atoms with Crippen LogP contribution in [0, 0.1) is 13.8 Å². The standard InChI is InChI=1S/C19H20N2O2/c1-13-7-14(2)9-16(8-13)17-5-4-6-18(19(17)22)23-12-15-10-20-21(3)11-15/h4-11,22H,12H2,1-3H3. The molecule has 0 saturated carbocycles. The van der Waals surface area contributed by atoms with Crippen LogP contribution in [0.25, 0.3) is 11.1 Å². The van der Waals surface area contributed by atoms with Crippen molar-refractivity contribution < 1.29 is 9.84 Å². The number of nitrogens with zero attached hydrogens (tertiary/aromatic N) is 2. The van der Waals surface area contributed by atoms with Crippen molar-refractivity contribution >= 4 is 0 Å². The van der Waals surface area contributed by atoms with Crippen LogP contribution in [0.4, 0.5) is 0 Å². The topological polar surface area (TPSA) is 47.3 Å². The normalized spacial score (nSPS) is 10.7. The Balaban J connectivity index is 1.88. The molecule has 118 valence electrons. The minimum atomic E-state index is 0.168. The molecular weight excluding hydrogens is 288 g/mol. The van der Waals surface area contributed by atoms with Crippen molar-refractivity contribution in [1.29, 1.82) is 0 Å². The second-order valence-corrected chi connectivity index (χ2v) is 5.84. The molecule has 1 aromatic heterocycles. The predicted octanol–water partition coefficient (Wildman–Crippen LogP) is 3.99. The van der Waals surface area contributed by atoms with Crippen molar-refractivity contribution in [2.24, 2.45) is 7.05 Å². The highest BCUT2D eigenvalue weighted by atomic mass is 16.5. The monoisotopic (exact) mass is 308 g/mol. The highest BCUT2D eigenvalue weighted by Gasteiger charge is 2.11. The molecule has 0 aliphatic heterocycles. The molecule has 4 heteroatoms. The zero-order valence-electron chi connectivity index (χ0n) is 13.6. The molecule has 2 aromatic carbocycles. The summed E-state index contributed by atoms with van der Waals surface area (Å²) in [6.07, 6.45) is 3.65. The van der Waals surface area contributed by atoms with Gasteiger partial charge in [-0.1, -0.05) is 41.5 Å². The summed E-state index contributed by atoms with van der Waals surface area (Å²) in [4.78, 5) is 0. The quantitative estimate of drug-likeness (QED) is 0.793. The molecule has 0 fully saturated rings. The van der Waals surface area contributed by atoms with Crippen LogP contribution in [0.2, 0.25) is 0 Å². The Hall–Kier alpha value is -2.75. The van der Waals surface area contributed by atoms with E-state index in [1.54, 1.807) is 16.9 Å². The van der Waals surface area contributed by atoms with E-state index in [0.29, 0.717) is 12.4 Å². The minimum absolute atomic E-state index is 0.168. The molecule has 0 amide bonds. The fraction of sp³-hybridized carbons (Fsp3) is 0.211. The fourth-order valence-corrected chi connectivity index (χ4v) is 2.71. The van der Waals surface area contributed by atoms with Gasteiger partial charge in [0.1, 0.15) is 6.61 Å². The smallest absolute Gasteiger partial charge is 0.165 e. The molecular formula is C19H20N2O2. The van der Waals surface area contributed by atoms with Gasteiger partial charge in [0.15, 0.2) is 11.5 Å². The largest absolute Gasteiger partial charge is 0.504 e. The Kier molecular flexibility index (Phi) is 4.06. The summed E-state index contributed by atoms with van der Waals surface area (Å²) in [5, 5.41) is 14.7. The number of aromatic nitrogens is 2. The molecule has 1 N–H and O–H groups in total. The number of hydrogen-bond acceptors (Lipinski definition) is 3. The van der Waals surface area contributed by atoms with Crippen molar-refractivity contribution in [3.05, 3.63) is 65.5 Å². The van der Waals surface area contributed by atoms with Crippen molar-refractivity contribution in [3.63, 3.8) is 0 Å². The summed E-state index contributed by atoms with van der Waals surface area (Å²) in [5.74, 6) is 0.645. The summed E-state index contributed by atoms with van der Waals surface area (Å²) < 4.78 is 7.48. The van der Waals surface area contributed by atoms with Gasteiger partial charge in [0.05, 0.1) is 6.20 Å². The molecule has 3 rings (SSSR count). The molecule has 0 bridgehead atoms. The van der Waals surface area contributed by atoms with Gasteiger partial charge in [0.2, 0.25) is 0 Å². The lowest BCUT2D eigenvalue weighted by Gasteiger charge is -2.12. The van der Waals surface area contributed by atoms with E-state index in [9.17, 15) is 5.11 Å². The first-order valence-corrected chi connectivity index (χ1v) is 7.54. The van der Waals surface area contributed by atoms with Gasteiger partial charge in [-0.3, -0.25) is 4.68 Å². The van der Waals surface area contributed by atoms with Crippen LogP contribution in [-0.4, -0.2) is 14.9 Å². The van der Waals surface area contributed by atoms with Gasteiger partial charge in [0.25, 0.3) is 0 Å². The van der Waals surface area contributed by atoms with Crippen LogP contribution >= 0.6 is 0 Å². The van der Waals surface area contributed by atoms with Crippen LogP contribution in [0.5, 0.6) is 11.5 Å². The van der Waals surface area contributed by atoms with Crippen molar-refractivity contribution in [1.82, 2.24) is 9.78 Å². The molecule has 0 aliphatic carbocycles. The zero-order chi connectivity index (χ0) is 16.4. The number of para-hydroxylation sites is 1. The number of phenolic OH excluding ortho intramolecular Hbond substituents is 1. The number of aromatic hydroxyl groups is 1. The van der Waals surface area contributed by atoms with Crippen molar-refractivity contribution in [2.45, 2.75) is 20.5 Å². The maximum atomic E-state index is 10.6. The Morgan fingerprint density at radius 2 is 1.87 bits per heavy atom. The number of hydrogen-bond donors (Lipinski definition) is 1. The van der Waals surface area contributed by atoms with Crippen LogP contribution in [-0.2, 0) is 13.7 Å². The predicted molar refractivity (Wildman–Crippen MR) is 90.6 cm³/mol. The first-order valence-electron chi connectivity index (χ1n) is 7.54. The minimum Gasteiger partial charge on any atom is -0.504 e. The molecule has 4 nitrogen and oxygen atoms in total. The van der Waals surface area contributed by atoms with E-state index in [0.717, 1.165) is 16.7 Å². The number of rotatable bonds is 4. The Bertz CT molecular complexity index is 817. The lowest BCUT2D eigenvalue weighted by atomic mass is 10.00. The van der Waals surface area contributed by atoms with Gasteiger partial charge >= 0.3 is 0 Å². The maximum Gasteiger partial charge on any atom is 0.165 e. The highest BCUT2D eigenvalue weighted by Crippen LogP contribution is 2.37. The van der Waals surface area contributed by atoms with E-state index in [4.69, 9.17) is 4.74 Å². The number of phenols is 1. The summed E-state index contributed by atoms with van der Waals surface area (Å²) in [5.41, 5.74) is 5.07. The van der Waals surface area contributed by atoms with Crippen molar-refractivity contribution in [2.75, 3.05) is 0 Å². The van der Waals surface area contributed by atoms with Crippen molar-refractivity contribution in [3.8, 4) is 22.6 Å². The van der Waals surface area contributed by atoms with E-state index < -0.39 is 0 Å². The average molecular weight is 308 g/mol. The van der Waals surface area contributed by atoms with Gasteiger partial charge in [-0.05, 0) is 25.5 Å². The van der Waals surface area contributed by atoms with Crippen LogP contribution in [0.1, 0.15) is 16.7 Å². The van der Waals surface area contributed by atoms with Gasteiger partial charge in [-0.2, -0.15) is 5.10 Å². The fourth-order valence-electron chi connectivity index (χ4n) is 2.71. The summed E-state index contributed by atoms with van der Waals surface area (Å²) in [7, 11) is 1.86. The second-order valence-electron chi connectivity index (χ2n) is 5.84. The second kappa shape index (κ2) is 6.16. The first-order chi connectivity index (χ1) is 11.0. The molecule has 3 aromatic rings. The van der Waals surface area contributed by atoms with E-state index in [1.165, 1.54) is 11.1 Å². The Morgan fingerprint density at radius 3 is 2.52 bits per heavy atom. The Morgan fingerprint density at radius 1 is 1.13 bits per heavy atom. The van der Waals surface area contributed by atoms with Gasteiger partial charge in [0, 0.05) is 24.4 Å². The van der Waals surface area contributed by atoms with E-state index in [-0.39, 0.29) is 5.75 Å². The van der Waals surface area contributed by atoms with E-state index in [1.807, 2.05) is 25.4 Å². The van der Waals surface area contributed by atoms with Crippen LogP contribution in [0.3, 0.4) is 0 Å². The molecule has 0 spiro atoms. The zero-order valence-corrected chi connectivity index (χ0v) is 13.6.